The average Bonchev–Trinajstić information content (AvgIpc) is 2.75. The van der Waals surface area contributed by atoms with Crippen LogP contribution in [0.15, 0.2) is 48.5 Å². The fraction of sp³-hybridized carbons (Fsp3) is 0.458. The van der Waals surface area contributed by atoms with E-state index < -0.39 is 12.3 Å². The van der Waals surface area contributed by atoms with E-state index in [4.69, 9.17) is 18.9 Å². The van der Waals surface area contributed by atoms with Crippen LogP contribution in [0.2, 0.25) is 0 Å². The van der Waals surface area contributed by atoms with Crippen LogP contribution in [0, 0.1) is 0 Å². The van der Waals surface area contributed by atoms with Gasteiger partial charge in [0.05, 0.1) is 6.61 Å². The summed E-state index contributed by atoms with van der Waals surface area (Å²) in [7, 11) is 3.15. The quantitative estimate of drug-likeness (QED) is 0.180. The van der Waals surface area contributed by atoms with Crippen LogP contribution in [-0.2, 0) is 9.47 Å². The number of rotatable bonds is 13. The molecule has 0 atom stereocenters. The molecule has 0 aliphatic heterocycles. The minimum Gasteiger partial charge on any atom is -0.493 e. The molecule has 0 spiro atoms. The third-order valence-corrected chi connectivity index (χ3v) is 4.65. The summed E-state index contributed by atoms with van der Waals surface area (Å²) < 4.78 is 21.8. The summed E-state index contributed by atoms with van der Waals surface area (Å²) in [6.45, 7) is 2.81. The minimum absolute atomic E-state index is 0.425. The first-order valence-electron chi connectivity index (χ1n) is 10.3. The molecule has 2 aromatic rings. The number of benzene rings is 2. The SMILES string of the molecule is CCCCCCCCOc1ccccc1C(=O)Oc1ccc(C(OC)OC)cc1. The summed E-state index contributed by atoms with van der Waals surface area (Å²) in [6.07, 6.45) is 6.70. The Balaban J connectivity index is 1.90. The van der Waals surface area contributed by atoms with E-state index in [-0.39, 0.29) is 0 Å². The number of esters is 1. The molecule has 2 rings (SSSR count). The maximum Gasteiger partial charge on any atom is 0.347 e. The molecular formula is C24H32O5. The Hall–Kier alpha value is -2.37. The third kappa shape index (κ3) is 7.52. The Morgan fingerprint density at radius 2 is 1.52 bits per heavy atom. The van der Waals surface area contributed by atoms with Gasteiger partial charge < -0.3 is 18.9 Å². The smallest absolute Gasteiger partial charge is 0.347 e. The molecule has 0 aliphatic rings. The number of carbonyl (C=O) groups excluding carboxylic acids is 1. The molecular weight excluding hydrogens is 368 g/mol. The molecule has 5 heteroatoms. The zero-order valence-electron chi connectivity index (χ0n) is 17.7. The molecule has 0 unspecified atom stereocenters. The highest BCUT2D eigenvalue weighted by atomic mass is 16.7. The molecule has 0 bridgehead atoms. The molecule has 158 valence electrons. The van der Waals surface area contributed by atoms with E-state index in [9.17, 15) is 4.79 Å². The van der Waals surface area contributed by atoms with Gasteiger partial charge in [0, 0.05) is 19.8 Å². The Bertz CT molecular complexity index is 722. The van der Waals surface area contributed by atoms with Gasteiger partial charge in [0.25, 0.3) is 0 Å². The van der Waals surface area contributed by atoms with Crippen molar-refractivity contribution in [2.24, 2.45) is 0 Å². The largest absolute Gasteiger partial charge is 0.493 e. The van der Waals surface area contributed by atoms with Crippen LogP contribution in [-0.4, -0.2) is 26.8 Å². The number of para-hydroxylation sites is 1. The molecule has 2 aromatic carbocycles. The Morgan fingerprint density at radius 1 is 0.862 bits per heavy atom. The van der Waals surface area contributed by atoms with Crippen molar-refractivity contribution < 1.29 is 23.7 Å². The predicted molar refractivity (Wildman–Crippen MR) is 113 cm³/mol. The topological polar surface area (TPSA) is 54.0 Å². The monoisotopic (exact) mass is 400 g/mol. The second-order valence-electron chi connectivity index (χ2n) is 6.87. The zero-order valence-corrected chi connectivity index (χ0v) is 17.7. The van der Waals surface area contributed by atoms with Crippen LogP contribution in [0.25, 0.3) is 0 Å². The van der Waals surface area contributed by atoms with Crippen LogP contribution in [0.3, 0.4) is 0 Å². The van der Waals surface area contributed by atoms with Gasteiger partial charge >= 0.3 is 5.97 Å². The van der Waals surface area contributed by atoms with Gasteiger partial charge in [-0.25, -0.2) is 4.79 Å². The summed E-state index contributed by atoms with van der Waals surface area (Å²) in [4.78, 5) is 12.6. The molecule has 0 fully saturated rings. The standard InChI is InChI=1S/C24H32O5/c1-4-5-6-7-8-11-18-28-22-13-10-9-12-21(22)23(25)29-20-16-14-19(15-17-20)24(26-2)27-3/h9-10,12-17,24H,4-8,11,18H2,1-3H3. The van der Waals surface area contributed by atoms with Gasteiger partial charge in [0.1, 0.15) is 17.1 Å². The van der Waals surface area contributed by atoms with E-state index in [1.54, 1.807) is 56.7 Å². The minimum atomic E-state index is -0.448. The fourth-order valence-corrected chi connectivity index (χ4v) is 3.05. The van der Waals surface area contributed by atoms with Gasteiger partial charge in [0.15, 0.2) is 6.29 Å². The number of carbonyl (C=O) groups is 1. The lowest BCUT2D eigenvalue weighted by atomic mass is 10.1. The van der Waals surface area contributed by atoms with E-state index in [1.165, 1.54) is 25.7 Å². The molecule has 0 saturated carbocycles. The van der Waals surface area contributed by atoms with E-state index in [0.717, 1.165) is 18.4 Å². The van der Waals surface area contributed by atoms with Gasteiger partial charge in [-0.05, 0) is 30.7 Å². The second kappa shape index (κ2) is 13.0. The van der Waals surface area contributed by atoms with Crippen LogP contribution in [0.5, 0.6) is 11.5 Å². The van der Waals surface area contributed by atoms with Crippen molar-refractivity contribution in [3.8, 4) is 11.5 Å². The number of methoxy groups -OCH3 is 2. The highest BCUT2D eigenvalue weighted by molar-refractivity contribution is 5.93. The first kappa shape index (κ1) is 22.9. The molecule has 0 aromatic heterocycles. The van der Waals surface area contributed by atoms with Gasteiger partial charge in [-0.2, -0.15) is 0 Å². The van der Waals surface area contributed by atoms with E-state index in [2.05, 4.69) is 6.92 Å². The fourth-order valence-electron chi connectivity index (χ4n) is 3.05. The Labute approximate surface area is 173 Å². The molecule has 0 heterocycles. The summed E-state index contributed by atoms with van der Waals surface area (Å²) in [5, 5.41) is 0. The normalized spacial score (nSPS) is 10.9. The summed E-state index contributed by atoms with van der Waals surface area (Å²) in [5.41, 5.74) is 1.27. The number of hydrogen-bond acceptors (Lipinski definition) is 5. The summed E-state index contributed by atoms with van der Waals surface area (Å²) >= 11 is 0. The number of unbranched alkanes of at least 4 members (excludes halogenated alkanes) is 5. The van der Waals surface area contributed by atoms with Crippen molar-refractivity contribution in [3.05, 3.63) is 59.7 Å². The zero-order chi connectivity index (χ0) is 20.9. The van der Waals surface area contributed by atoms with E-state index in [0.29, 0.717) is 23.7 Å². The van der Waals surface area contributed by atoms with Crippen LogP contribution in [0.4, 0.5) is 0 Å². The van der Waals surface area contributed by atoms with Crippen LogP contribution in [0.1, 0.15) is 67.7 Å². The molecule has 29 heavy (non-hydrogen) atoms. The lowest BCUT2D eigenvalue weighted by Gasteiger charge is -2.14. The average molecular weight is 401 g/mol. The Morgan fingerprint density at radius 3 is 2.21 bits per heavy atom. The highest BCUT2D eigenvalue weighted by Gasteiger charge is 2.15. The van der Waals surface area contributed by atoms with Crippen molar-refractivity contribution >= 4 is 5.97 Å². The molecule has 0 N–H and O–H groups in total. The maximum atomic E-state index is 12.6. The molecule has 5 nitrogen and oxygen atoms in total. The van der Waals surface area contributed by atoms with Crippen molar-refractivity contribution in [1.82, 2.24) is 0 Å². The first-order valence-corrected chi connectivity index (χ1v) is 10.3. The highest BCUT2D eigenvalue weighted by Crippen LogP contribution is 2.24. The molecule has 0 radical (unpaired) electrons. The second-order valence-corrected chi connectivity index (χ2v) is 6.87. The molecule has 0 aliphatic carbocycles. The van der Waals surface area contributed by atoms with E-state index in [1.807, 2.05) is 6.07 Å². The van der Waals surface area contributed by atoms with Gasteiger partial charge in [-0.3, -0.25) is 0 Å². The van der Waals surface area contributed by atoms with Gasteiger partial charge in [-0.15, -0.1) is 0 Å². The Kier molecular flexibility index (Phi) is 10.2. The van der Waals surface area contributed by atoms with Crippen LogP contribution < -0.4 is 9.47 Å². The van der Waals surface area contributed by atoms with Crippen molar-refractivity contribution in [1.29, 1.82) is 0 Å². The maximum absolute atomic E-state index is 12.6. The van der Waals surface area contributed by atoms with Crippen molar-refractivity contribution in [3.63, 3.8) is 0 Å². The lowest BCUT2D eigenvalue weighted by Crippen LogP contribution is -2.11. The number of ether oxygens (including phenoxy) is 4. The summed E-state index contributed by atoms with van der Waals surface area (Å²) in [6, 6.07) is 14.2. The van der Waals surface area contributed by atoms with Gasteiger partial charge in [0.2, 0.25) is 0 Å². The molecule has 0 amide bonds. The lowest BCUT2D eigenvalue weighted by molar-refractivity contribution is -0.106. The van der Waals surface area contributed by atoms with Crippen molar-refractivity contribution in [2.45, 2.75) is 51.7 Å². The predicted octanol–water partition coefficient (Wildman–Crippen LogP) is 5.94. The first-order chi connectivity index (χ1) is 14.2. The third-order valence-electron chi connectivity index (χ3n) is 4.65. The van der Waals surface area contributed by atoms with Crippen LogP contribution >= 0.6 is 0 Å². The van der Waals surface area contributed by atoms with Crippen molar-refractivity contribution in [2.75, 3.05) is 20.8 Å². The number of hydrogen-bond donors (Lipinski definition) is 0. The summed E-state index contributed by atoms with van der Waals surface area (Å²) in [5.74, 6) is 0.572. The van der Waals surface area contributed by atoms with E-state index >= 15 is 0 Å². The van der Waals surface area contributed by atoms with Gasteiger partial charge in [-0.1, -0.05) is 63.3 Å². The molecule has 0 saturated heterocycles.